The molecule has 1 aromatic heterocycles. The first-order valence-corrected chi connectivity index (χ1v) is 12.1. The van der Waals surface area contributed by atoms with E-state index in [0.29, 0.717) is 66.0 Å². The van der Waals surface area contributed by atoms with Crippen molar-refractivity contribution in [2.45, 2.75) is 12.8 Å². The maximum Gasteiger partial charge on any atom is 0.247 e. The van der Waals surface area contributed by atoms with Gasteiger partial charge in [0.1, 0.15) is 28.7 Å². The van der Waals surface area contributed by atoms with Crippen LogP contribution in [0.15, 0.2) is 53.7 Å². The number of amidine groups is 1. The SMILES string of the molecule is CNc1ncc2c(n1)N1CCN=C1C(c1cc(N(C(=O)C3(C(N)=O)CC3)c3ccc(F)cc3)ccc1F)=C2. The zero-order valence-electron chi connectivity index (χ0n) is 20.4. The number of nitrogens with zero attached hydrogens (tertiary/aromatic N) is 5. The van der Waals surface area contributed by atoms with Crippen LogP contribution in [-0.2, 0) is 9.59 Å². The highest BCUT2D eigenvalue weighted by atomic mass is 19.1. The number of primary amides is 1. The number of halogens is 2. The number of hydrogen-bond donors (Lipinski definition) is 2. The number of nitrogens with two attached hydrogens (primary N) is 1. The highest BCUT2D eigenvalue weighted by Crippen LogP contribution is 2.49. The summed E-state index contributed by atoms with van der Waals surface area (Å²) in [5, 5.41) is 2.92. The number of benzene rings is 2. The monoisotopic (exact) mass is 515 g/mol. The second-order valence-corrected chi connectivity index (χ2v) is 9.37. The topological polar surface area (TPSA) is 117 Å². The number of carbonyl (C=O) groups excluding carboxylic acids is 2. The van der Waals surface area contributed by atoms with Gasteiger partial charge >= 0.3 is 0 Å². The lowest BCUT2D eigenvalue weighted by Crippen LogP contribution is -2.41. The Labute approximate surface area is 216 Å². The van der Waals surface area contributed by atoms with Gasteiger partial charge in [-0.05, 0) is 61.4 Å². The minimum atomic E-state index is -1.35. The lowest BCUT2D eigenvalue weighted by Gasteiger charge is -2.29. The van der Waals surface area contributed by atoms with Crippen LogP contribution in [-0.4, -0.2) is 47.8 Å². The molecular formula is C27H23F2N7O2. The molecule has 1 saturated carbocycles. The van der Waals surface area contributed by atoms with Gasteiger partial charge < -0.3 is 16.0 Å². The molecule has 2 aliphatic heterocycles. The molecule has 0 spiro atoms. The van der Waals surface area contributed by atoms with Gasteiger partial charge in [0.15, 0.2) is 0 Å². The average molecular weight is 516 g/mol. The van der Waals surface area contributed by atoms with Crippen LogP contribution in [0.3, 0.4) is 0 Å². The van der Waals surface area contributed by atoms with E-state index < -0.39 is 28.9 Å². The Bertz CT molecular complexity index is 1550. The predicted octanol–water partition coefficient (Wildman–Crippen LogP) is 3.50. The number of nitrogens with one attached hydrogen (secondary N) is 1. The van der Waals surface area contributed by atoms with Gasteiger partial charge in [-0.25, -0.2) is 13.8 Å². The molecule has 192 valence electrons. The molecular weight excluding hydrogens is 492 g/mol. The highest BCUT2D eigenvalue weighted by Gasteiger charge is 2.57. The normalized spacial score (nSPS) is 16.7. The van der Waals surface area contributed by atoms with Crippen LogP contribution in [0.25, 0.3) is 11.6 Å². The Morgan fingerprint density at radius 3 is 2.53 bits per heavy atom. The van der Waals surface area contributed by atoms with Crippen molar-refractivity contribution < 1.29 is 18.4 Å². The molecule has 38 heavy (non-hydrogen) atoms. The third-order valence-electron chi connectivity index (χ3n) is 7.07. The van der Waals surface area contributed by atoms with Gasteiger partial charge in [0.05, 0.1) is 6.54 Å². The van der Waals surface area contributed by atoms with Crippen molar-refractivity contribution >= 4 is 52.4 Å². The molecule has 0 bridgehead atoms. The molecule has 1 aliphatic carbocycles. The molecule has 1 fully saturated rings. The van der Waals surface area contributed by atoms with Crippen molar-refractivity contribution in [1.29, 1.82) is 0 Å². The van der Waals surface area contributed by atoms with Crippen molar-refractivity contribution in [2.75, 3.05) is 35.3 Å². The summed E-state index contributed by atoms with van der Waals surface area (Å²) < 4.78 is 29.1. The van der Waals surface area contributed by atoms with Gasteiger partial charge in [-0.3, -0.25) is 19.5 Å². The first kappa shape index (κ1) is 23.7. The quantitative estimate of drug-likeness (QED) is 0.486. The molecule has 6 rings (SSSR count). The first-order chi connectivity index (χ1) is 18.3. The highest BCUT2D eigenvalue weighted by molar-refractivity contribution is 6.35. The first-order valence-electron chi connectivity index (χ1n) is 12.1. The van der Waals surface area contributed by atoms with Crippen molar-refractivity contribution in [2.24, 2.45) is 16.1 Å². The molecule has 3 N–H and O–H groups in total. The fourth-order valence-electron chi connectivity index (χ4n) is 4.86. The molecule has 0 atom stereocenters. The van der Waals surface area contributed by atoms with Crippen molar-refractivity contribution in [3.63, 3.8) is 0 Å². The molecule has 2 aromatic carbocycles. The molecule has 3 aromatic rings. The third kappa shape index (κ3) is 3.69. The van der Waals surface area contributed by atoms with E-state index >= 15 is 4.39 Å². The molecule has 3 aliphatic rings. The predicted molar refractivity (Wildman–Crippen MR) is 140 cm³/mol. The van der Waals surface area contributed by atoms with Crippen LogP contribution in [0.5, 0.6) is 0 Å². The van der Waals surface area contributed by atoms with Gasteiger partial charge in [-0.15, -0.1) is 0 Å². The lowest BCUT2D eigenvalue weighted by atomic mass is 9.96. The van der Waals surface area contributed by atoms with Gasteiger partial charge in [0.2, 0.25) is 17.8 Å². The zero-order valence-corrected chi connectivity index (χ0v) is 20.4. The second-order valence-electron chi connectivity index (χ2n) is 9.37. The number of rotatable bonds is 6. The number of amides is 2. The maximum atomic E-state index is 15.4. The summed E-state index contributed by atoms with van der Waals surface area (Å²) in [6, 6.07) is 9.54. The van der Waals surface area contributed by atoms with E-state index in [1.165, 1.54) is 47.4 Å². The lowest BCUT2D eigenvalue weighted by molar-refractivity contribution is -0.133. The third-order valence-corrected chi connectivity index (χ3v) is 7.07. The van der Waals surface area contributed by atoms with Crippen LogP contribution >= 0.6 is 0 Å². The van der Waals surface area contributed by atoms with E-state index in [1.807, 2.05) is 4.90 Å². The number of fused-ring (bicyclic) bond motifs is 3. The second kappa shape index (κ2) is 8.72. The molecule has 0 radical (unpaired) electrons. The Balaban J connectivity index is 1.49. The fraction of sp³-hybridized carbons (Fsp3) is 0.222. The summed E-state index contributed by atoms with van der Waals surface area (Å²) >= 11 is 0. The minimum Gasteiger partial charge on any atom is -0.369 e. The number of aliphatic imine (C=N–C) groups is 1. The standard InChI is InChI=1S/C27H23F2N7O2/c1-31-26-33-14-15-12-20(23-32-10-11-35(23)22(15)34-26)19-13-18(6-7-21(19)29)36(17-4-2-16(28)3-5-17)25(38)27(8-9-27)24(30)37/h2-7,12-14H,8-11H2,1H3,(H2,30,37)(H,31,33,34). The Morgan fingerprint density at radius 1 is 1.11 bits per heavy atom. The Morgan fingerprint density at radius 2 is 1.84 bits per heavy atom. The fourth-order valence-corrected chi connectivity index (χ4v) is 4.86. The van der Waals surface area contributed by atoms with Gasteiger partial charge in [-0.1, -0.05) is 0 Å². The van der Waals surface area contributed by atoms with E-state index in [-0.39, 0.29) is 5.56 Å². The number of hydrogen-bond acceptors (Lipinski definition) is 7. The van der Waals surface area contributed by atoms with Crippen LogP contribution in [0, 0.1) is 17.0 Å². The average Bonchev–Trinajstić information content (AvgIpc) is 3.60. The summed E-state index contributed by atoms with van der Waals surface area (Å²) in [6.07, 6.45) is 4.06. The van der Waals surface area contributed by atoms with E-state index in [0.717, 1.165) is 0 Å². The summed E-state index contributed by atoms with van der Waals surface area (Å²) in [4.78, 5) is 42.6. The van der Waals surface area contributed by atoms with Gasteiger partial charge in [0.25, 0.3) is 0 Å². The van der Waals surface area contributed by atoms with Gasteiger partial charge in [0, 0.05) is 47.9 Å². The van der Waals surface area contributed by atoms with Gasteiger partial charge in [-0.2, -0.15) is 4.98 Å². The van der Waals surface area contributed by atoms with E-state index in [2.05, 4.69) is 20.3 Å². The van der Waals surface area contributed by atoms with E-state index in [4.69, 9.17) is 5.73 Å². The maximum absolute atomic E-state index is 15.4. The molecule has 2 amide bonds. The summed E-state index contributed by atoms with van der Waals surface area (Å²) in [5.74, 6) is -0.576. The Hall–Kier alpha value is -4.67. The van der Waals surface area contributed by atoms with Crippen LogP contribution < -0.4 is 20.9 Å². The molecule has 11 heteroatoms. The van der Waals surface area contributed by atoms with E-state index in [9.17, 15) is 14.0 Å². The summed E-state index contributed by atoms with van der Waals surface area (Å²) in [5.41, 5.74) is 6.30. The molecule has 3 heterocycles. The van der Waals surface area contributed by atoms with Crippen molar-refractivity contribution in [1.82, 2.24) is 9.97 Å². The molecule has 0 unspecified atom stereocenters. The van der Waals surface area contributed by atoms with E-state index in [1.54, 1.807) is 19.3 Å². The smallest absolute Gasteiger partial charge is 0.247 e. The number of anilines is 4. The van der Waals surface area contributed by atoms with Crippen LogP contribution in [0.4, 0.5) is 31.9 Å². The van der Waals surface area contributed by atoms with Crippen LogP contribution in [0.2, 0.25) is 0 Å². The summed E-state index contributed by atoms with van der Waals surface area (Å²) in [6.45, 7) is 1.08. The molecule has 9 nitrogen and oxygen atoms in total. The zero-order chi connectivity index (χ0) is 26.6. The Kier molecular flexibility index (Phi) is 5.44. The number of carbonyl (C=O) groups is 2. The number of aromatic nitrogens is 2. The van der Waals surface area contributed by atoms with Crippen molar-refractivity contribution in [3.05, 3.63) is 71.4 Å². The largest absolute Gasteiger partial charge is 0.369 e. The molecule has 0 saturated heterocycles. The summed E-state index contributed by atoms with van der Waals surface area (Å²) in [7, 11) is 1.73. The van der Waals surface area contributed by atoms with Crippen LogP contribution in [0.1, 0.15) is 24.0 Å². The van der Waals surface area contributed by atoms with Crippen molar-refractivity contribution in [3.8, 4) is 0 Å². The minimum absolute atomic E-state index is 0.209.